The van der Waals surface area contributed by atoms with E-state index in [1.165, 1.54) is 12.1 Å². The van der Waals surface area contributed by atoms with Crippen LogP contribution in [0.5, 0.6) is 11.5 Å². The number of carbonyl (C=O) groups excluding carboxylic acids is 1. The molecule has 0 saturated heterocycles. The number of aliphatic hydroxyl groups is 1. The second kappa shape index (κ2) is 9.28. The third-order valence-corrected chi connectivity index (χ3v) is 7.95. The van der Waals surface area contributed by atoms with E-state index in [-0.39, 0.29) is 35.9 Å². The van der Waals surface area contributed by atoms with Crippen LogP contribution >= 0.6 is 22.6 Å². The van der Waals surface area contributed by atoms with Gasteiger partial charge >= 0.3 is 6.29 Å². The maximum atomic E-state index is 13.5. The first-order valence-corrected chi connectivity index (χ1v) is 13.2. The monoisotopic (exact) mass is 637 g/mol. The number of amides is 1. The summed E-state index contributed by atoms with van der Waals surface area (Å²) in [6, 6.07) is 10.1. The molecule has 1 unspecified atom stereocenters. The molecule has 1 fully saturated rings. The minimum Gasteiger partial charge on any atom is -0.395 e. The minimum atomic E-state index is -3.71. The summed E-state index contributed by atoms with van der Waals surface area (Å²) in [4.78, 5) is 16.1. The van der Waals surface area contributed by atoms with Gasteiger partial charge < -0.3 is 24.5 Å². The van der Waals surface area contributed by atoms with Crippen LogP contribution in [-0.2, 0) is 22.2 Å². The standard InChI is InChI=1S/C26H26F2IN5O4/c1-24(2,3)22-21(29)17-11-15(5-6-18(17)34(22)13-16(35)12-31-33-30)32-23(36)25(8-9-25)14-4-7-19-20(10-14)38-26(27,28)37-19/h4-7,10-11,16,35H,8-9,12-13H2,1-3H3,(H,32,36). The lowest BCUT2D eigenvalue weighted by molar-refractivity contribution is -0.286. The summed E-state index contributed by atoms with van der Waals surface area (Å²) in [7, 11) is 0. The molecule has 1 aliphatic heterocycles. The number of ether oxygens (including phenoxy) is 2. The fourth-order valence-corrected chi connectivity index (χ4v) is 6.52. The van der Waals surface area contributed by atoms with E-state index < -0.39 is 17.8 Å². The van der Waals surface area contributed by atoms with Gasteiger partial charge in [0.05, 0.1) is 18.1 Å². The maximum absolute atomic E-state index is 13.5. The molecule has 12 heteroatoms. The number of anilines is 1. The molecular formula is C26H26F2IN5O4. The van der Waals surface area contributed by atoms with Crippen molar-refractivity contribution < 1.29 is 28.2 Å². The Kier molecular flexibility index (Phi) is 6.48. The highest BCUT2D eigenvalue weighted by Gasteiger charge is 2.52. The molecule has 1 saturated carbocycles. The van der Waals surface area contributed by atoms with E-state index in [1.54, 1.807) is 12.1 Å². The molecule has 3 aromatic rings. The van der Waals surface area contributed by atoms with Gasteiger partial charge in [0.1, 0.15) is 0 Å². The fourth-order valence-electron chi connectivity index (χ4n) is 4.98. The van der Waals surface area contributed by atoms with Gasteiger partial charge in [-0.3, -0.25) is 4.79 Å². The van der Waals surface area contributed by atoms with Crippen LogP contribution in [-0.4, -0.2) is 34.5 Å². The number of hydrogen-bond acceptors (Lipinski definition) is 5. The normalized spacial score (nSPS) is 17.7. The number of aromatic nitrogens is 1. The van der Waals surface area contributed by atoms with Crippen LogP contribution < -0.4 is 14.8 Å². The quantitative estimate of drug-likeness (QED) is 0.139. The van der Waals surface area contributed by atoms with E-state index in [0.29, 0.717) is 24.1 Å². The lowest BCUT2D eigenvalue weighted by Crippen LogP contribution is -2.28. The Balaban J connectivity index is 1.44. The molecule has 0 spiro atoms. The summed E-state index contributed by atoms with van der Waals surface area (Å²) < 4.78 is 39.0. The van der Waals surface area contributed by atoms with Gasteiger partial charge in [0, 0.05) is 42.7 Å². The van der Waals surface area contributed by atoms with Crippen molar-refractivity contribution in [2.24, 2.45) is 5.11 Å². The molecule has 9 nitrogen and oxygen atoms in total. The number of fused-ring (bicyclic) bond motifs is 2. The van der Waals surface area contributed by atoms with E-state index in [9.17, 15) is 18.7 Å². The number of nitrogens with one attached hydrogen (secondary N) is 1. The van der Waals surface area contributed by atoms with Gasteiger partial charge in [0.2, 0.25) is 5.91 Å². The number of nitrogens with zero attached hydrogens (tertiary/aromatic N) is 4. The van der Waals surface area contributed by atoms with Gasteiger partial charge in [0.15, 0.2) is 11.5 Å². The zero-order valence-electron chi connectivity index (χ0n) is 21.0. The number of benzene rings is 2. The van der Waals surface area contributed by atoms with Crippen molar-refractivity contribution in [1.82, 2.24) is 4.57 Å². The predicted octanol–water partition coefficient (Wildman–Crippen LogP) is 6.21. The van der Waals surface area contributed by atoms with Crippen molar-refractivity contribution in [2.75, 3.05) is 11.9 Å². The second-order valence-electron chi connectivity index (χ2n) is 10.7. The molecule has 2 heterocycles. The lowest BCUT2D eigenvalue weighted by Gasteiger charge is -2.24. The third kappa shape index (κ3) is 4.76. The Morgan fingerprint density at radius 1 is 1.24 bits per heavy atom. The molecule has 1 atom stereocenters. The number of carbonyl (C=O) groups is 1. The predicted molar refractivity (Wildman–Crippen MR) is 146 cm³/mol. The van der Waals surface area contributed by atoms with Crippen LogP contribution in [0.3, 0.4) is 0 Å². The summed E-state index contributed by atoms with van der Waals surface area (Å²) in [5.74, 6) is -0.363. The Morgan fingerprint density at radius 2 is 1.95 bits per heavy atom. The molecular weight excluding hydrogens is 611 g/mol. The third-order valence-electron chi connectivity index (χ3n) is 6.86. The zero-order valence-corrected chi connectivity index (χ0v) is 23.1. The fraction of sp³-hybridized carbons (Fsp3) is 0.423. The van der Waals surface area contributed by atoms with E-state index in [1.807, 2.05) is 16.7 Å². The van der Waals surface area contributed by atoms with Crippen LogP contribution in [0.25, 0.3) is 21.3 Å². The number of rotatable bonds is 7. The maximum Gasteiger partial charge on any atom is 0.586 e. The Labute approximate surface area is 230 Å². The number of azide groups is 1. The Bertz CT molecular complexity index is 1490. The first kappa shape index (κ1) is 26.5. The first-order chi connectivity index (χ1) is 17.8. The number of alkyl halides is 2. The average molecular weight is 637 g/mol. The van der Waals surface area contributed by atoms with Crippen molar-refractivity contribution in [1.29, 1.82) is 0 Å². The van der Waals surface area contributed by atoms with Gasteiger partial charge in [-0.05, 0) is 76.9 Å². The highest BCUT2D eigenvalue weighted by molar-refractivity contribution is 14.1. The Hall–Kier alpha value is -3.09. The Morgan fingerprint density at radius 3 is 2.61 bits per heavy atom. The topological polar surface area (TPSA) is 121 Å². The average Bonchev–Trinajstić information content (AvgIpc) is 3.52. The summed E-state index contributed by atoms with van der Waals surface area (Å²) in [6.07, 6.45) is -3.40. The number of aliphatic hydroxyl groups excluding tert-OH is 1. The largest absolute Gasteiger partial charge is 0.586 e. The minimum absolute atomic E-state index is 0.0376. The summed E-state index contributed by atoms with van der Waals surface area (Å²) in [5.41, 5.74) is 10.6. The van der Waals surface area contributed by atoms with Gasteiger partial charge in [-0.25, -0.2) is 0 Å². The van der Waals surface area contributed by atoms with Crippen LogP contribution in [0.1, 0.15) is 44.9 Å². The molecule has 2 aliphatic rings. The van der Waals surface area contributed by atoms with Crippen molar-refractivity contribution in [3.63, 3.8) is 0 Å². The SMILES string of the molecule is CC(C)(C)c1c(I)c2cc(NC(=O)C3(c4ccc5c(c4)OC(F)(F)O5)CC3)ccc2n1CC(O)CN=[N+]=[N-]. The van der Waals surface area contributed by atoms with E-state index in [2.05, 4.69) is 68.2 Å². The number of halogens is 3. The molecule has 1 amide bonds. The molecule has 38 heavy (non-hydrogen) atoms. The zero-order chi connectivity index (χ0) is 27.5. The van der Waals surface area contributed by atoms with Crippen molar-refractivity contribution in [2.45, 2.75) is 63.4 Å². The molecule has 0 radical (unpaired) electrons. The van der Waals surface area contributed by atoms with Gasteiger partial charge in [-0.2, -0.15) is 0 Å². The van der Waals surface area contributed by atoms with E-state index in [0.717, 1.165) is 20.2 Å². The van der Waals surface area contributed by atoms with Crippen LogP contribution in [0, 0.1) is 3.57 Å². The lowest BCUT2D eigenvalue weighted by atomic mass is 9.92. The van der Waals surface area contributed by atoms with E-state index in [4.69, 9.17) is 5.53 Å². The summed E-state index contributed by atoms with van der Waals surface area (Å²) >= 11 is 2.28. The van der Waals surface area contributed by atoms with Gasteiger partial charge in [0.25, 0.3) is 0 Å². The van der Waals surface area contributed by atoms with Gasteiger partial charge in [-0.15, -0.1) is 8.78 Å². The van der Waals surface area contributed by atoms with E-state index >= 15 is 0 Å². The van der Waals surface area contributed by atoms with Crippen molar-refractivity contribution in [3.05, 3.63) is 61.7 Å². The van der Waals surface area contributed by atoms with Gasteiger partial charge in [-0.1, -0.05) is 32.0 Å². The first-order valence-electron chi connectivity index (χ1n) is 12.1. The highest BCUT2D eigenvalue weighted by atomic mass is 127. The van der Waals surface area contributed by atoms with Crippen molar-refractivity contribution in [3.8, 4) is 11.5 Å². The molecule has 2 aromatic carbocycles. The second-order valence-corrected chi connectivity index (χ2v) is 11.8. The molecule has 1 aliphatic carbocycles. The molecule has 0 bridgehead atoms. The molecule has 5 rings (SSSR count). The van der Waals surface area contributed by atoms with Crippen LogP contribution in [0.15, 0.2) is 41.5 Å². The molecule has 1 aromatic heterocycles. The molecule has 2 N–H and O–H groups in total. The summed E-state index contributed by atoms with van der Waals surface area (Å²) in [6.45, 7) is 6.47. The number of hydrogen-bond donors (Lipinski definition) is 2. The summed E-state index contributed by atoms with van der Waals surface area (Å²) in [5, 5.41) is 17.9. The van der Waals surface area contributed by atoms with Crippen molar-refractivity contribution >= 4 is 45.1 Å². The smallest absolute Gasteiger partial charge is 0.395 e. The highest BCUT2D eigenvalue weighted by Crippen LogP contribution is 2.52. The van der Waals surface area contributed by atoms with Crippen LogP contribution in [0.2, 0.25) is 0 Å². The molecule has 200 valence electrons. The van der Waals surface area contributed by atoms with Crippen LogP contribution in [0.4, 0.5) is 14.5 Å².